The molecule has 2 atom stereocenters. The van der Waals surface area contributed by atoms with Crippen molar-refractivity contribution < 1.29 is 23.9 Å². The number of rotatable bonds is 16. The minimum Gasteiger partial charge on any atom is -0.466 e. The minimum atomic E-state index is -0.355. The van der Waals surface area contributed by atoms with E-state index in [0.717, 1.165) is 42.4 Å². The van der Waals surface area contributed by atoms with Gasteiger partial charge in [0.05, 0.1) is 25.6 Å². The first-order valence-electron chi connectivity index (χ1n) is 13.2. The van der Waals surface area contributed by atoms with Gasteiger partial charge in [0.15, 0.2) is 0 Å². The molecule has 36 heavy (non-hydrogen) atoms. The van der Waals surface area contributed by atoms with Crippen LogP contribution in [-0.2, 0) is 30.3 Å². The molecule has 0 aliphatic carbocycles. The van der Waals surface area contributed by atoms with Crippen LogP contribution in [0.1, 0.15) is 71.3 Å². The lowest BCUT2D eigenvalue weighted by molar-refractivity contribution is -0.148. The van der Waals surface area contributed by atoms with Crippen molar-refractivity contribution in [3.8, 4) is 11.1 Å². The lowest BCUT2D eigenvalue weighted by atomic mass is 9.94. The van der Waals surface area contributed by atoms with Gasteiger partial charge >= 0.3 is 11.9 Å². The smallest absolute Gasteiger partial charge is 0.308 e. The predicted octanol–water partition coefficient (Wildman–Crippen LogP) is 5.87. The van der Waals surface area contributed by atoms with Crippen molar-refractivity contribution in [2.24, 2.45) is 5.92 Å². The van der Waals surface area contributed by atoms with Crippen molar-refractivity contribution >= 4 is 17.8 Å². The zero-order chi connectivity index (χ0) is 26.2. The predicted molar refractivity (Wildman–Crippen MR) is 142 cm³/mol. The molecule has 0 bridgehead atoms. The quantitative estimate of drug-likeness (QED) is 0.232. The van der Waals surface area contributed by atoms with Gasteiger partial charge in [-0.1, -0.05) is 87.7 Å². The number of benzene rings is 2. The van der Waals surface area contributed by atoms with Gasteiger partial charge in [-0.2, -0.15) is 0 Å². The van der Waals surface area contributed by atoms with E-state index in [0.29, 0.717) is 26.1 Å². The lowest BCUT2D eigenvalue weighted by Crippen LogP contribution is -2.39. The molecule has 0 fully saturated rings. The van der Waals surface area contributed by atoms with Crippen LogP contribution >= 0.6 is 0 Å². The maximum atomic E-state index is 12.6. The van der Waals surface area contributed by atoms with Crippen LogP contribution in [0.4, 0.5) is 0 Å². The summed E-state index contributed by atoms with van der Waals surface area (Å²) in [6.45, 7) is 6.44. The highest BCUT2D eigenvalue weighted by molar-refractivity contribution is 5.81. The molecule has 1 amide bonds. The molecule has 0 aromatic heterocycles. The monoisotopic (exact) mass is 495 g/mol. The molecule has 0 heterocycles. The SMILES string of the molecule is CCCCCCOC(=O)CCC(=O)N[C@H](Cc1ccc(-c2ccccc2)cc1)C[C@@H](C)C(=O)OCC. The third-order valence-corrected chi connectivity index (χ3v) is 6.05. The third kappa shape index (κ3) is 11.1. The van der Waals surface area contributed by atoms with Crippen LogP contribution in [0.5, 0.6) is 0 Å². The number of hydrogen-bond acceptors (Lipinski definition) is 5. The molecule has 0 aliphatic rings. The van der Waals surface area contributed by atoms with Gasteiger partial charge in [0.25, 0.3) is 0 Å². The van der Waals surface area contributed by atoms with Gasteiger partial charge < -0.3 is 14.8 Å². The topological polar surface area (TPSA) is 81.7 Å². The fraction of sp³-hybridized carbons (Fsp3) is 0.500. The number of carbonyl (C=O) groups excluding carboxylic acids is 3. The maximum Gasteiger partial charge on any atom is 0.308 e. The summed E-state index contributed by atoms with van der Waals surface area (Å²) in [5.41, 5.74) is 3.32. The van der Waals surface area contributed by atoms with Crippen LogP contribution in [0.25, 0.3) is 11.1 Å². The Bertz CT molecular complexity index is 926. The van der Waals surface area contributed by atoms with Gasteiger partial charge in [-0.3, -0.25) is 14.4 Å². The second kappa shape index (κ2) is 16.5. The number of carbonyl (C=O) groups is 3. The summed E-state index contributed by atoms with van der Waals surface area (Å²) in [5, 5.41) is 3.02. The van der Waals surface area contributed by atoms with Gasteiger partial charge in [-0.15, -0.1) is 0 Å². The number of nitrogens with one attached hydrogen (secondary N) is 1. The molecule has 0 radical (unpaired) electrons. The Kier molecular flexibility index (Phi) is 13.3. The molecule has 196 valence electrons. The maximum absolute atomic E-state index is 12.6. The zero-order valence-corrected chi connectivity index (χ0v) is 22.0. The molecule has 6 heteroatoms. The Labute approximate surface area is 215 Å². The van der Waals surface area contributed by atoms with Crippen molar-refractivity contribution in [1.29, 1.82) is 0 Å². The van der Waals surface area contributed by atoms with Crippen molar-refractivity contribution in [2.75, 3.05) is 13.2 Å². The Morgan fingerprint density at radius 2 is 1.53 bits per heavy atom. The van der Waals surface area contributed by atoms with Crippen molar-refractivity contribution in [3.63, 3.8) is 0 Å². The molecular weight excluding hydrogens is 454 g/mol. The van der Waals surface area contributed by atoms with Crippen molar-refractivity contribution in [3.05, 3.63) is 60.2 Å². The summed E-state index contributed by atoms with van der Waals surface area (Å²) in [7, 11) is 0. The molecular formula is C30H41NO5. The van der Waals surface area contributed by atoms with Crippen LogP contribution in [0.3, 0.4) is 0 Å². The van der Waals surface area contributed by atoms with Crippen LogP contribution in [0, 0.1) is 5.92 Å². The molecule has 0 saturated heterocycles. The highest BCUT2D eigenvalue weighted by Gasteiger charge is 2.22. The second-order valence-corrected chi connectivity index (χ2v) is 9.20. The van der Waals surface area contributed by atoms with E-state index in [1.165, 1.54) is 0 Å². The molecule has 2 rings (SSSR count). The van der Waals surface area contributed by atoms with Gasteiger partial charge in [0, 0.05) is 12.5 Å². The molecule has 0 spiro atoms. The zero-order valence-electron chi connectivity index (χ0n) is 22.0. The molecule has 0 unspecified atom stereocenters. The highest BCUT2D eigenvalue weighted by atomic mass is 16.5. The minimum absolute atomic E-state index is 0.0472. The molecule has 6 nitrogen and oxygen atoms in total. The first-order valence-corrected chi connectivity index (χ1v) is 13.2. The molecule has 2 aromatic carbocycles. The summed E-state index contributed by atoms with van der Waals surface area (Å²) in [6.07, 6.45) is 5.28. The largest absolute Gasteiger partial charge is 0.466 e. The number of ether oxygens (including phenoxy) is 2. The van der Waals surface area contributed by atoms with E-state index < -0.39 is 0 Å². The van der Waals surface area contributed by atoms with Gasteiger partial charge in [-0.25, -0.2) is 0 Å². The fourth-order valence-electron chi connectivity index (χ4n) is 4.05. The van der Waals surface area contributed by atoms with Crippen LogP contribution < -0.4 is 5.32 Å². The van der Waals surface area contributed by atoms with E-state index in [2.05, 4.69) is 36.5 Å². The van der Waals surface area contributed by atoms with Gasteiger partial charge in [-0.05, 0) is 42.9 Å². The average Bonchev–Trinajstić information content (AvgIpc) is 2.88. The highest BCUT2D eigenvalue weighted by Crippen LogP contribution is 2.21. The van der Waals surface area contributed by atoms with E-state index in [9.17, 15) is 14.4 Å². The van der Waals surface area contributed by atoms with E-state index in [1.807, 2.05) is 37.3 Å². The normalized spacial score (nSPS) is 12.4. The summed E-state index contributed by atoms with van der Waals surface area (Å²) in [6, 6.07) is 18.1. The molecule has 1 N–H and O–H groups in total. The fourth-order valence-corrected chi connectivity index (χ4v) is 4.05. The van der Waals surface area contributed by atoms with E-state index in [4.69, 9.17) is 9.47 Å². The average molecular weight is 496 g/mol. The second-order valence-electron chi connectivity index (χ2n) is 9.20. The van der Waals surface area contributed by atoms with E-state index >= 15 is 0 Å². The van der Waals surface area contributed by atoms with Crippen LogP contribution in [0.15, 0.2) is 54.6 Å². The summed E-state index contributed by atoms with van der Waals surface area (Å²) in [4.78, 5) is 36.8. The first-order chi connectivity index (χ1) is 17.4. The van der Waals surface area contributed by atoms with E-state index in [-0.39, 0.29) is 42.6 Å². The number of unbranched alkanes of at least 4 members (excludes halogenated alkanes) is 3. The van der Waals surface area contributed by atoms with E-state index in [1.54, 1.807) is 6.92 Å². The summed E-state index contributed by atoms with van der Waals surface area (Å²) < 4.78 is 10.4. The van der Waals surface area contributed by atoms with Crippen LogP contribution in [0.2, 0.25) is 0 Å². The summed E-state index contributed by atoms with van der Waals surface area (Å²) >= 11 is 0. The first kappa shape index (κ1) is 29.1. The lowest BCUT2D eigenvalue weighted by Gasteiger charge is -2.22. The Morgan fingerprint density at radius 3 is 2.19 bits per heavy atom. The molecule has 0 saturated carbocycles. The van der Waals surface area contributed by atoms with Crippen molar-refractivity contribution in [2.45, 2.75) is 78.2 Å². The Morgan fingerprint density at radius 1 is 0.833 bits per heavy atom. The standard InChI is InChI=1S/C30H41NO5/c1-4-6-7-11-20-36-29(33)19-18-28(32)31-27(21-23(3)30(34)35-5-2)22-24-14-16-26(17-15-24)25-12-9-8-10-13-25/h8-10,12-17,23,27H,4-7,11,18-22H2,1-3H3,(H,31,32)/t23-,27+/m1/s1. The number of amides is 1. The van der Waals surface area contributed by atoms with Gasteiger partial charge in [0.2, 0.25) is 5.91 Å². The third-order valence-electron chi connectivity index (χ3n) is 6.05. The molecule has 0 aliphatic heterocycles. The number of hydrogen-bond donors (Lipinski definition) is 1. The van der Waals surface area contributed by atoms with Crippen LogP contribution in [-0.4, -0.2) is 37.1 Å². The number of esters is 2. The Hall–Kier alpha value is -3.15. The molecule has 2 aromatic rings. The van der Waals surface area contributed by atoms with Gasteiger partial charge in [0.1, 0.15) is 0 Å². The Balaban J connectivity index is 1.94. The summed E-state index contributed by atoms with van der Waals surface area (Å²) in [5.74, 6) is -1.20. The van der Waals surface area contributed by atoms with Crippen molar-refractivity contribution in [1.82, 2.24) is 5.32 Å².